The molecule has 0 saturated carbocycles. The molecule has 0 aliphatic carbocycles. The monoisotopic (exact) mass is 250 g/mol. The average molecular weight is 250 g/mol. The number of hydrogen-bond donors (Lipinski definition) is 2. The minimum absolute atomic E-state index is 0.274. The van der Waals surface area contributed by atoms with E-state index in [1.165, 1.54) is 0 Å². The van der Waals surface area contributed by atoms with Gasteiger partial charge in [0.05, 0.1) is 0 Å². The van der Waals surface area contributed by atoms with Crippen molar-refractivity contribution >= 4 is 5.97 Å². The smallest absolute Gasteiger partial charge is 0.340 e. The molecule has 0 aliphatic heterocycles. The summed E-state index contributed by atoms with van der Waals surface area (Å²) >= 11 is 0. The van der Waals surface area contributed by atoms with E-state index in [1.54, 1.807) is 24.3 Å². The van der Waals surface area contributed by atoms with Crippen LogP contribution in [-0.4, -0.2) is 16.2 Å². The van der Waals surface area contributed by atoms with Crippen molar-refractivity contribution in [1.82, 2.24) is 0 Å². The SMILES string of the molecule is CCCCCCCC(O)(C(=O)O)c1ccccc1. The molecule has 3 heteroatoms. The van der Waals surface area contributed by atoms with Gasteiger partial charge in [-0.2, -0.15) is 0 Å². The quantitative estimate of drug-likeness (QED) is 0.696. The van der Waals surface area contributed by atoms with E-state index in [4.69, 9.17) is 0 Å². The van der Waals surface area contributed by atoms with Crippen LogP contribution in [0, 0.1) is 0 Å². The molecule has 1 aromatic rings. The van der Waals surface area contributed by atoms with Crippen molar-refractivity contribution in [1.29, 1.82) is 0 Å². The van der Waals surface area contributed by atoms with Crippen molar-refractivity contribution < 1.29 is 15.0 Å². The Morgan fingerprint density at radius 1 is 1.11 bits per heavy atom. The van der Waals surface area contributed by atoms with E-state index in [0.29, 0.717) is 5.56 Å². The van der Waals surface area contributed by atoms with Crippen molar-refractivity contribution in [2.75, 3.05) is 0 Å². The second-order valence-corrected chi connectivity index (χ2v) is 4.70. The lowest BCUT2D eigenvalue weighted by Gasteiger charge is -2.23. The first kappa shape index (κ1) is 14.7. The van der Waals surface area contributed by atoms with Gasteiger partial charge < -0.3 is 10.2 Å². The minimum Gasteiger partial charge on any atom is -0.479 e. The molecule has 0 aliphatic rings. The number of aliphatic hydroxyl groups is 1. The highest BCUT2D eigenvalue weighted by molar-refractivity contribution is 5.79. The minimum atomic E-state index is -1.74. The second-order valence-electron chi connectivity index (χ2n) is 4.70. The van der Waals surface area contributed by atoms with Crippen LogP contribution in [-0.2, 0) is 10.4 Å². The summed E-state index contributed by atoms with van der Waals surface area (Å²) in [5.74, 6) is -1.16. The fourth-order valence-electron chi connectivity index (χ4n) is 2.07. The largest absolute Gasteiger partial charge is 0.479 e. The van der Waals surface area contributed by atoms with E-state index in [2.05, 4.69) is 6.92 Å². The van der Waals surface area contributed by atoms with E-state index in [1.807, 2.05) is 6.07 Å². The predicted octanol–water partition coefficient (Wildman–Crippen LogP) is 3.32. The molecule has 100 valence electrons. The molecule has 2 N–H and O–H groups in total. The Hall–Kier alpha value is -1.35. The Labute approximate surface area is 108 Å². The number of carboxylic acid groups (broad SMARTS) is 1. The van der Waals surface area contributed by atoms with E-state index in [9.17, 15) is 15.0 Å². The lowest BCUT2D eigenvalue weighted by atomic mass is 9.88. The van der Waals surface area contributed by atoms with Crippen LogP contribution in [0.1, 0.15) is 51.0 Å². The van der Waals surface area contributed by atoms with Gasteiger partial charge in [0, 0.05) is 0 Å². The summed E-state index contributed by atoms with van der Waals surface area (Å²) < 4.78 is 0. The zero-order valence-electron chi connectivity index (χ0n) is 10.9. The lowest BCUT2D eigenvalue weighted by molar-refractivity contribution is -0.160. The van der Waals surface area contributed by atoms with Crippen LogP contribution in [0.4, 0.5) is 0 Å². The molecule has 18 heavy (non-hydrogen) atoms. The Balaban J connectivity index is 2.62. The molecule has 3 nitrogen and oxygen atoms in total. The third-order valence-electron chi connectivity index (χ3n) is 3.25. The second kappa shape index (κ2) is 7.17. The molecule has 0 spiro atoms. The van der Waals surface area contributed by atoms with Gasteiger partial charge in [-0.15, -0.1) is 0 Å². The molecule has 0 heterocycles. The molecule has 1 atom stereocenters. The molecule has 1 rings (SSSR count). The summed E-state index contributed by atoms with van der Waals surface area (Å²) in [4.78, 5) is 11.3. The van der Waals surface area contributed by atoms with Gasteiger partial charge >= 0.3 is 5.97 Å². The predicted molar refractivity (Wildman–Crippen MR) is 71.4 cm³/mol. The van der Waals surface area contributed by atoms with Crippen LogP contribution < -0.4 is 0 Å². The molecule has 0 bridgehead atoms. The molecule has 0 fully saturated rings. The zero-order valence-corrected chi connectivity index (χ0v) is 10.9. The topological polar surface area (TPSA) is 57.5 Å². The Kier molecular flexibility index (Phi) is 5.86. The summed E-state index contributed by atoms with van der Waals surface area (Å²) in [6.45, 7) is 2.14. The Morgan fingerprint density at radius 3 is 2.28 bits per heavy atom. The molecular weight excluding hydrogens is 228 g/mol. The van der Waals surface area contributed by atoms with E-state index in [-0.39, 0.29) is 6.42 Å². The summed E-state index contributed by atoms with van der Waals surface area (Å²) in [6.07, 6.45) is 5.39. The summed E-state index contributed by atoms with van der Waals surface area (Å²) in [6, 6.07) is 8.65. The van der Waals surface area contributed by atoms with Crippen molar-refractivity contribution in [3.05, 3.63) is 35.9 Å². The van der Waals surface area contributed by atoms with Gasteiger partial charge in [0.25, 0.3) is 0 Å². The number of carboxylic acids is 1. The van der Waals surface area contributed by atoms with Crippen LogP contribution in [0.2, 0.25) is 0 Å². The third kappa shape index (κ3) is 3.84. The van der Waals surface area contributed by atoms with Crippen molar-refractivity contribution in [3.63, 3.8) is 0 Å². The number of rotatable bonds is 8. The lowest BCUT2D eigenvalue weighted by Crippen LogP contribution is -2.35. The number of carbonyl (C=O) groups is 1. The van der Waals surface area contributed by atoms with Crippen LogP contribution >= 0.6 is 0 Å². The fraction of sp³-hybridized carbons (Fsp3) is 0.533. The standard InChI is InChI=1S/C15H22O3/c1-2-3-4-5-9-12-15(18,14(16)17)13-10-7-6-8-11-13/h6-8,10-11,18H,2-5,9,12H2,1H3,(H,16,17). The summed E-state index contributed by atoms with van der Waals surface area (Å²) in [5.41, 5.74) is -1.28. The molecule has 0 amide bonds. The van der Waals surface area contributed by atoms with Gasteiger partial charge in [0.2, 0.25) is 0 Å². The normalized spacial score (nSPS) is 14.1. The van der Waals surface area contributed by atoms with Crippen molar-refractivity contribution in [2.45, 2.75) is 51.0 Å². The molecule has 0 saturated heterocycles. The first-order chi connectivity index (χ1) is 8.61. The van der Waals surface area contributed by atoms with Gasteiger partial charge in [0.15, 0.2) is 5.60 Å². The van der Waals surface area contributed by atoms with Gasteiger partial charge in [-0.05, 0) is 18.4 Å². The maximum Gasteiger partial charge on any atom is 0.340 e. The van der Waals surface area contributed by atoms with Gasteiger partial charge in [-0.25, -0.2) is 4.79 Å². The summed E-state index contributed by atoms with van der Waals surface area (Å²) in [5, 5.41) is 19.6. The average Bonchev–Trinajstić information content (AvgIpc) is 2.39. The fourth-order valence-corrected chi connectivity index (χ4v) is 2.07. The van der Waals surface area contributed by atoms with Gasteiger partial charge in [0.1, 0.15) is 0 Å². The first-order valence-corrected chi connectivity index (χ1v) is 6.62. The van der Waals surface area contributed by atoms with Gasteiger partial charge in [-0.3, -0.25) is 0 Å². The Morgan fingerprint density at radius 2 is 1.72 bits per heavy atom. The molecule has 1 aromatic carbocycles. The highest BCUT2D eigenvalue weighted by atomic mass is 16.4. The van der Waals surface area contributed by atoms with Crippen LogP contribution in [0.25, 0.3) is 0 Å². The third-order valence-corrected chi connectivity index (χ3v) is 3.25. The molecular formula is C15H22O3. The maximum atomic E-state index is 11.3. The summed E-state index contributed by atoms with van der Waals surface area (Å²) in [7, 11) is 0. The molecule has 1 unspecified atom stereocenters. The van der Waals surface area contributed by atoms with Crippen LogP contribution in [0.5, 0.6) is 0 Å². The van der Waals surface area contributed by atoms with Gasteiger partial charge in [-0.1, -0.05) is 62.9 Å². The highest BCUT2D eigenvalue weighted by Gasteiger charge is 2.36. The number of benzene rings is 1. The highest BCUT2D eigenvalue weighted by Crippen LogP contribution is 2.28. The zero-order chi connectivity index (χ0) is 13.4. The first-order valence-electron chi connectivity index (χ1n) is 6.62. The van der Waals surface area contributed by atoms with Crippen molar-refractivity contribution in [3.8, 4) is 0 Å². The Bertz CT molecular complexity index is 361. The van der Waals surface area contributed by atoms with Crippen LogP contribution in [0.3, 0.4) is 0 Å². The number of hydrogen-bond acceptors (Lipinski definition) is 2. The number of unbranched alkanes of at least 4 members (excludes halogenated alkanes) is 4. The maximum absolute atomic E-state index is 11.3. The van der Waals surface area contributed by atoms with E-state index >= 15 is 0 Å². The van der Waals surface area contributed by atoms with Crippen molar-refractivity contribution in [2.24, 2.45) is 0 Å². The number of aliphatic carboxylic acids is 1. The van der Waals surface area contributed by atoms with E-state index < -0.39 is 11.6 Å². The van der Waals surface area contributed by atoms with Crippen LogP contribution in [0.15, 0.2) is 30.3 Å². The van der Waals surface area contributed by atoms with E-state index in [0.717, 1.165) is 32.1 Å². The molecule has 0 radical (unpaired) electrons. The molecule has 0 aromatic heterocycles.